The Morgan fingerprint density at radius 2 is 1.95 bits per heavy atom. The van der Waals surface area contributed by atoms with E-state index in [1.54, 1.807) is 7.11 Å². The molecule has 3 heteroatoms. The summed E-state index contributed by atoms with van der Waals surface area (Å²) >= 11 is 0. The Morgan fingerprint density at radius 3 is 2.55 bits per heavy atom. The number of amides is 1. The van der Waals surface area contributed by atoms with Crippen molar-refractivity contribution in [2.24, 2.45) is 11.8 Å². The predicted octanol–water partition coefficient (Wildman–Crippen LogP) is 3.18. The molecule has 1 aliphatic carbocycles. The highest BCUT2D eigenvalue weighted by Gasteiger charge is 2.26. The second kappa shape index (κ2) is 7.32. The van der Waals surface area contributed by atoms with Crippen LogP contribution < -0.4 is 10.1 Å². The van der Waals surface area contributed by atoms with E-state index in [1.807, 2.05) is 24.3 Å². The van der Waals surface area contributed by atoms with Crippen LogP contribution in [0.4, 0.5) is 0 Å². The summed E-state index contributed by atoms with van der Waals surface area (Å²) in [6.07, 6.45) is 5.87. The van der Waals surface area contributed by atoms with E-state index >= 15 is 0 Å². The highest BCUT2D eigenvalue weighted by molar-refractivity contribution is 5.78. The van der Waals surface area contributed by atoms with E-state index in [0.29, 0.717) is 12.5 Å². The first-order valence-electron chi connectivity index (χ1n) is 7.61. The normalized spacial score (nSPS) is 16.9. The molecule has 1 unspecified atom stereocenters. The van der Waals surface area contributed by atoms with Crippen molar-refractivity contribution in [1.29, 1.82) is 0 Å². The molecule has 1 fully saturated rings. The van der Waals surface area contributed by atoms with E-state index in [1.165, 1.54) is 31.2 Å². The Morgan fingerprint density at radius 1 is 1.30 bits per heavy atom. The standard InChI is InChI=1S/C17H25NO2/c1-13(15-5-3-4-6-15)17(19)18-12-11-14-7-9-16(20-2)10-8-14/h7-10,13,15H,3-6,11-12H2,1-2H3,(H,18,19). The van der Waals surface area contributed by atoms with E-state index in [9.17, 15) is 4.79 Å². The molecule has 1 N–H and O–H groups in total. The molecule has 0 aliphatic heterocycles. The summed E-state index contributed by atoms with van der Waals surface area (Å²) in [6, 6.07) is 8.01. The van der Waals surface area contributed by atoms with E-state index < -0.39 is 0 Å². The zero-order chi connectivity index (χ0) is 14.4. The van der Waals surface area contributed by atoms with Crippen LogP contribution in [0.25, 0.3) is 0 Å². The van der Waals surface area contributed by atoms with Crippen LogP contribution in [0.2, 0.25) is 0 Å². The quantitative estimate of drug-likeness (QED) is 0.866. The number of ether oxygens (including phenoxy) is 1. The lowest BCUT2D eigenvalue weighted by atomic mass is 9.92. The Hall–Kier alpha value is -1.51. The summed E-state index contributed by atoms with van der Waals surface area (Å²) in [7, 11) is 1.67. The summed E-state index contributed by atoms with van der Waals surface area (Å²) in [6.45, 7) is 2.78. The molecule has 0 bridgehead atoms. The number of hydrogen-bond donors (Lipinski definition) is 1. The Labute approximate surface area is 121 Å². The summed E-state index contributed by atoms with van der Waals surface area (Å²) < 4.78 is 5.13. The van der Waals surface area contributed by atoms with Gasteiger partial charge in [0.15, 0.2) is 0 Å². The smallest absolute Gasteiger partial charge is 0.223 e. The number of carbonyl (C=O) groups excluding carboxylic acids is 1. The van der Waals surface area contributed by atoms with Crippen LogP contribution in [-0.2, 0) is 11.2 Å². The molecule has 20 heavy (non-hydrogen) atoms. The maximum absolute atomic E-state index is 12.1. The van der Waals surface area contributed by atoms with Crippen LogP contribution >= 0.6 is 0 Å². The Bertz CT molecular complexity index is 421. The average Bonchev–Trinajstić information content (AvgIpc) is 3.01. The van der Waals surface area contributed by atoms with Crippen LogP contribution in [-0.4, -0.2) is 19.6 Å². The van der Waals surface area contributed by atoms with Gasteiger partial charge < -0.3 is 10.1 Å². The summed E-state index contributed by atoms with van der Waals surface area (Å²) in [5.41, 5.74) is 1.22. The number of benzene rings is 1. The molecule has 1 aliphatic rings. The SMILES string of the molecule is COc1ccc(CCNC(=O)C(C)C2CCCC2)cc1. The number of hydrogen-bond acceptors (Lipinski definition) is 2. The highest BCUT2D eigenvalue weighted by atomic mass is 16.5. The molecule has 2 rings (SSSR count). The molecular weight excluding hydrogens is 250 g/mol. The number of methoxy groups -OCH3 is 1. The Balaban J connectivity index is 1.72. The van der Waals surface area contributed by atoms with Crippen molar-refractivity contribution in [3.8, 4) is 5.75 Å². The maximum atomic E-state index is 12.1. The monoisotopic (exact) mass is 275 g/mol. The maximum Gasteiger partial charge on any atom is 0.223 e. The van der Waals surface area contributed by atoms with Gasteiger partial charge in [-0.05, 0) is 42.9 Å². The molecule has 0 aromatic heterocycles. The first kappa shape index (κ1) is 14.9. The lowest BCUT2D eigenvalue weighted by Gasteiger charge is -2.18. The third kappa shape index (κ3) is 3.99. The van der Waals surface area contributed by atoms with Crippen LogP contribution in [0.5, 0.6) is 5.75 Å². The van der Waals surface area contributed by atoms with Crippen LogP contribution in [0.15, 0.2) is 24.3 Å². The molecule has 1 saturated carbocycles. The second-order valence-electron chi connectivity index (χ2n) is 5.72. The number of rotatable bonds is 6. The van der Waals surface area contributed by atoms with Gasteiger partial charge in [-0.3, -0.25) is 4.79 Å². The fourth-order valence-electron chi connectivity index (χ4n) is 2.95. The van der Waals surface area contributed by atoms with Gasteiger partial charge in [0.2, 0.25) is 5.91 Å². The van der Waals surface area contributed by atoms with Crippen molar-refractivity contribution in [2.45, 2.75) is 39.0 Å². The minimum Gasteiger partial charge on any atom is -0.497 e. The minimum atomic E-state index is 0.161. The van der Waals surface area contributed by atoms with Gasteiger partial charge in [-0.2, -0.15) is 0 Å². The van der Waals surface area contributed by atoms with Gasteiger partial charge in [0.1, 0.15) is 5.75 Å². The lowest BCUT2D eigenvalue weighted by molar-refractivity contribution is -0.125. The zero-order valence-corrected chi connectivity index (χ0v) is 12.5. The van der Waals surface area contributed by atoms with Crippen molar-refractivity contribution in [2.75, 3.05) is 13.7 Å². The molecule has 1 aromatic carbocycles. The van der Waals surface area contributed by atoms with E-state index in [-0.39, 0.29) is 11.8 Å². The zero-order valence-electron chi connectivity index (χ0n) is 12.5. The minimum absolute atomic E-state index is 0.161. The summed E-state index contributed by atoms with van der Waals surface area (Å²) in [4.78, 5) is 12.1. The topological polar surface area (TPSA) is 38.3 Å². The van der Waals surface area contributed by atoms with Gasteiger partial charge in [-0.1, -0.05) is 31.9 Å². The second-order valence-corrected chi connectivity index (χ2v) is 5.72. The summed E-state index contributed by atoms with van der Waals surface area (Å²) in [5.74, 6) is 1.84. The van der Waals surface area contributed by atoms with Gasteiger partial charge in [0.25, 0.3) is 0 Å². The third-order valence-corrected chi connectivity index (χ3v) is 4.39. The molecule has 1 atom stereocenters. The molecule has 110 valence electrons. The molecule has 0 spiro atoms. The van der Waals surface area contributed by atoms with Crippen molar-refractivity contribution in [3.05, 3.63) is 29.8 Å². The van der Waals surface area contributed by atoms with Crippen molar-refractivity contribution >= 4 is 5.91 Å². The molecule has 0 heterocycles. The largest absolute Gasteiger partial charge is 0.497 e. The fraction of sp³-hybridized carbons (Fsp3) is 0.588. The first-order valence-corrected chi connectivity index (χ1v) is 7.61. The predicted molar refractivity (Wildman–Crippen MR) is 80.8 cm³/mol. The number of nitrogens with one attached hydrogen (secondary N) is 1. The van der Waals surface area contributed by atoms with E-state index in [2.05, 4.69) is 12.2 Å². The average molecular weight is 275 g/mol. The van der Waals surface area contributed by atoms with Gasteiger partial charge in [-0.15, -0.1) is 0 Å². The summed E-state index contributed by atoms with van der Waals surface area (Å²) in [5, 5.41) is 3.07. The molecular formula is C17H25NO2. The first-order chi connectivity index (χ1) is 9.70. The van der Waals surface area contributed by atoms with Gasteiger partial charge in [0, 0.05) is 12.5 Å². The lowest BCUT2D eigenvalue weighted by Crippen LogP contribution is -2.33. The third-order valence-electron chi connectivity index (χ3n) is 4.39. The van der Waals surface area contributed by atoms with Gasteiger partial charge in [-0.25, -0.2) is 0 Å². The van der Waals surface area contributed by atoms with E-state index in [4.69, 9.17) is 4.74 Å². The van der Waals surface area contributed by atoms with Crippen molar-refractivity contribution in [1.82, 2.24) is 5.32 Å². The molecule has 0 saturated heterocycles. The molecule has 3 nitrogen and oxygen atoms in total. The van der Waals surface area contributed by atoms with Crippen molar-refractivity contribution < 1.29 is 9.53 Å². The van der Waals surface area contributed by atoms with Gasteiger partial charge >= 0.3 is 0 Å². The van der Waals surface area contributed by atoms with Gasteiger partial charge in [0.05, 0.1) is 7.11 Å². The van der Waals surface area contributed by atoms with Crippen molar-refractivity contribution in [3.63, 3.8) is 0 Å². The Kier molecular flexibility index (Phi) is 5.45. The van der Waals surface area contributed by atoms with Crippen LogP contribution in [0.3, 0.4) is 0 Å². The van der Waals surface area contributed by atoms with Crippen LogP contribution in [0.1, 0.15) is 38.2 Å². The molecule has 1 aromatic rings. The van der Waals surface area contributed by atoms with Crippen LogP contribution in [0, 0.1) is 11.8 Å². The van der Waals surface area contributed by atoms with E-state index in [0.717, 1.165) is 12.2 Å². The highest BCUT2D eigenvalue weighted by Crippen LogP contribution is 2.31. The number of carbonyl (C=O) groups is 1. The molecule has 0 radical (unpaired) electrons. The molecule has 1 amide bonds. The fourth-order valence-corrected chi connectivity index (χ4v) is 2.95.